The van der Waals surface area contributed by atoms with Gasteiger partial charge in [0.15, 0.2) is 5.65 Å². The highest BCUT2D eigenvalue weighted by Gasteiger charge is 2.23. The summed E-state index contributed by atoms with van der Waals surface area (Å²) in [6.45, 7) is 8.49. The summed E-state index contributed by atoms with van der Waals surface area (Å²) in [5, 5.41) is 7.89. The Morgan fingerprint density at radius 3 is 2.78 bits per heavy atom. The first-order valence-electron chi connectivity index (χ1n) is 11.2. The molecule has 172 valence electrons. The lowest BCUT2D eigenvalue weighted by atomic mass is 10.1. The van der Waals surface area contributed by atoms with Crippen LogP contribution in [0.1, 0.15) is 32.8 Å². The Hall–Kier alpha value is -2.97. The molecular weight excluding hydrogens is 404 g/mol. The van der Waals surface area contributed by atoms with E-state index in [0.717, 1.165) is 36.8 Å². The highest BCUT2D eigenvalue weighted by Crippen LogP contribution is 2.22. The molecule has 8 nitrogen and oxygen atoms in total. The van der Waals surface area contributed by atoms with Crippen LogP contribution < -0.4 is 10.1 Å². The van der Waals surface area contributed by atoms with Crippen molar-refractivity contribution in [1.82, 2.24) is 24.4 Å². The third-order valence-corrected chi connectivity index (χ3v) is 5.33. The summed E-state index contributed by atoms with van der Waals surface area (Å²) in [6, 6.07) is 11.8. The molecule has 0 saturated carbocycles. The van der Waals surface area contributed by atoms with Crippen molar-refractivity contribution in [2.75, 3.05) is 39.2 Å². The Morgan fingerprint density at radius 1 is 1.25 bits per heavy atom. The average molecular weight is 439 g/mol. The number of carbonyl (C=O) groups excluding carboxylic acids is 1. The number of fused-ring (bicyclic) bond motifs is 1. The third kappa shape index (κ3) is 6.27. The number of Topliss-reactive ketones (excluding diaryl/α,β-unsaturated/α-hetero) is 1. The molecule has 1 fully saturated rings. The molecule has 8 heteroatoms. The fourth-order valence-electron chi connectivity index (χ4n) is 3.70. The number of hydrogen-bond donors (Lipinski definition) is 1. The van der Waals surface area contributed by atoms with E-state index in [1.54, 1.807) is 17.5 Å². The van der Waals surface area contributed by atoms with E-state index in [1.165, 1.54) is 6.42 Å². The number of ether oxygens (including phenoxy) is 1. The van der Waals surface area contributed by atoms with Crippen molar-refractivity contribution >= 4 is 17.2 Å². The first-order valence-corrected chi connectivity index (χ1v) is 11.2. The van der Waals surface area contributed by atoms with Crippen LogP contribution >= 0.6 is 0 Å². The number of carbonyl (C=O) groups is 1. The van der Waals surface area contributed by atoms with E-state index < -0.39 is 0 Å². The Balaban J connectivity index is 0.00000141. The molecule has 4 rings (SSSR count). The number of anilines is 1. The predicted molar refractivity (Wildman–Crippen MR) is 127 cm³/mol. The van der Waals surface area contributed by atoms with Crippen molar-refractivity contribution in [3.63, 3.8) is 0 Å². The van der Waals surface area contributed by atoms with E-state index >= 15 is 0 Å². The van der Waals surface area contributed by atoms with Crippen molar-refractivity contribution in [1.29, 1.82) is 0 Å². The quantitative estimate of drug-likeness (QED) is 0.575. The second-order valence-corrected chi connectivity index (χ2v) is 8.05. The molecule has 1 aromatic carbocycles. The summed E-state index contributed by atoms with van der Waals surface area (Å²) in [5.41, 5.74) is 1.68. The van der Waals surface area contributed by atoms with Crippen molar-refractivity contribution in [3.05, 3.63) is 48.2 Å². The second-order valence-electron chi connectivity index (χ2n) is 8.05. The molecule has 1 aliphatic rings. The number of rotatable bonds is 8. The van der Waals surface area contributed by atoms with E-state index in [1.807, 2.05) is 50.4 Å². The largest absolute Gasteiger partial charge is 0.438 e. The van der Waals surface area contributed by atoms with Crippen molar-refractivity contribution in [3.8, 4) is 11.6 Å². The van der Waals surface area contributed by atoms with Gasteiger partial charge >= 0.3 is 0 Å². The van der Waals surface area contributed by atoms with Gasteiger partial charge in [0.1, 0.15) is 17.4 Å². The molecule has 2 aromatic heterocycles. The lowest BCUT2D eigenvalue weighted by Crippen LogP contribution is -2.33. The van der Waals surface area contributed by atoms with Crippen LogP contribution in [0.5, 0.6) is 11.6 Å². The summed E-state index contributed by atoms with van der Waals surface area (Å²) in [4.78, 5) is 20.6. The molecule has 1 saturated heterocycles. The van der Waals surface area contributed by atoms with Crippen LogP contribution in [0.15, 0.2) is 42.6 Å². The van der Waals surface area contributed by atoms with Crippen LogP contribution in [0, 0.1) is 0 Å². The van der Waals surface area contributed by atoms with Gasteiger partial charge in [-0.15, -0.1) is 5.10 Å². The average Bonchev–Trinajstić information content (AvgIpc) is 3.40. The molecule has 32 heavy (non-hydrogen) atoms. The topological polar surface area (TPSA) is 75.0 Å². The highest BCUT2D eigenvalue weighted by molar-refractivity contribution is 5.78. The zero-order chi connectivity index (χ0) is 23.1. The number of benzene rings is 1. The van der Waals surface area contributed by atoms with Gasteiger partial charge in [0.2, 0.25) is 5.88 Å². The number of nitrogens with one attached hydrogen (secondary N) is 1. The van der Waals surface area contributed by atoms with Gasteiger partial charge in [0.05, 0.1) is 12.9 Å². The number of imidazole rings is 1. The lowest BCUT2D eigenvalue weighted by molar-refractivity contribution is -0.116. The zero-order valence-corrected chi connectivity index (χ0v) is 19.7. The van der Waals surface area contributed by atoms with Crippen LogP contribution in [-0.2, 0) is 11.2 Å². The maximum Gasteiger partial charge on any atom is 0.237 e. The molecule has 0 bridgehead atoms. The second kappa shape index (κ2) is 11.1. The van der Waals surface area contributed by atoms with Crippen LogP contribution in [0.4, 0.5) is 5.82 Å². The first kappa shape index (κ1) is 23.7. The molecular formula is C24H34N6O2. The molecule has 1 unspecified atom stereocenters. The minimum Gasteiger partial charge on any atom is -0.438 e. The Bertz CT molecular complexity index is 1030. The standard InChI is InChI=1S/C22H28N6O2.C2H6/c1-16(29)11-17-5-4-6-19(12-17)30-22-8-7-21-24-20(14-28(21)25-22)23-15-27-10-9-18(13-27)26(2)3;1-2/h4-8,12,14,18,23H,9-11,13,15H2,1-3H3;1-2H3. The normalized spacial score (nSPS) is 16.1. The Morgan fingerprint density at radius 2 is 2.06 bits per heavy atom. The number of aromatic nitrogens is 3. The van der Waals surface area contributed by atoms with Crippen molar-refractivity contribution in [2.24, 2.45) is 0 Å². The molecule has 3 aromatic rings. The van der Waals surface area contributed by atoms with Crippen LogP contribution in [0.3, 0.4) is 0 Å². The summed E-state index contributed by atoms with van der Waals surface area (Å²) >= 11 is 0. The monoisotopic (exact) mass is 438 g/mol. The van der Waals surface area contributed by atoms with Gasteiger partial charge in [0.25, 0.3) is 0 Å². The Labute approximate surface area is 190 Å². The minimum absolute atomic E-state index is 0.122. The Kier molecular flexibility index (Phi) is 8.19. The van der Waals surface area contributed by atoms with Gasteiger partial charge in [-0.25, -0.2) is 9.50 Å². The SMILES string of the molecule is CC.CC(=O)Cc1cccc(Oc2ccc3nc(NCN4CCC(N(C)C)C4)cn3n2)c1. The first-order chi connectivity index (χ1) is 15.5. The molecule has 0 radical (unpaired) electrons. The van der Waals surface area contributed by atoms with Crippen molar-refractivity contribution < 1.29 is 9.53 Å². The number of likely N-dealkylation sites (tertiary alicyclic amines) is 1. The summed E-state index contributed by atoms with van der Waals surface area (Å²) in [5.74, 6) is 2.04. The fraction of sp³-hybridized carbons (Fsp3) is 0.458. The predicted octanol–water partition coefficient (Wildman–Crippen LogP) is 3.68. The summed E-state index contributed by atoms with van der Waals surface area (Å²) in [6.07, 6.45) is 3.45. The third-order valence-electron chi connectivity index (χ3n) is 5.33. The molecule has 1 atom stereocenters. The van der Waals surface area contributed by atoms with E-state index in [-0.39, 0.29) is 5.78 Å². The fourth-order valence-corrected chi connectivity index (χ4v) is 3.70. The van der Waals surface area contributed by atoms with Gasteiger partial charge in [0, 0.05) is 31.6 Å². The van der Waals surface area contributed by atoms with Gasteiger partial charge in [-0.2, -0.15) is 0 Å². The molecule has 0 aliphatic carbocycles. The van der Waals surface area contributed by atoms with Crippen LogP contribution in [0.2, 0.25) is 0 Å². The van der Waals surface area contributed by atoms with E-state index in [4.69, 9.17) is 4.74 Å². The highest BCUT2D eigenvalue weighted by atomic mass is 16.5. The van der Waals surface area contributed by atoms with Gasteiger partial charge in [-0.1, -0.05) is 26.0 Å². The smallest absolute Gasteiger partial charge is 0.237 e. The minimum atomic E-state index is 0.122. The molecule has 1 N–H and O–H groups in total. The van der Waals surface area contributed by atoms with E-state index in [2.05, 4.69) is 39.3 Å². The zero-order valence-electron chi connectivity index (χ0n) is 19.7. The van der Waals surface area contributed by atoms with Crippen molar-refractivity contribution in [2.45, 2.75) is 39.7 Å². The summed E-state index contributed by atoms with van der Waals surface area (Å²) in [7, 11) is 4.27. The van der Waals surface area contributed by atoms with Gasteiger partial charge < -0.3 is 15.0 Å². The van der Waals surface area contributed by atoms with Crippen LogP contribution in [-0.4, -0.2) is 70.1 Å². The van der Waals surface area contributed by atoms with Crippen LogP contribution in [0.25, 0.3) is 5.65 Å². The lowest BCUT2D eigenvalue weighted by Gasteiger charge is -2.20. The molecule has 1 aliphatic heterocycles. The van der Waals surface area contributed by atoms with Gasteiger partial charge in [-0.05, 0) is 51.2 Å². The van der Waals surface area contributed by atoms with E-state index in [9.17, 15) is 4.79 Å². The van der Waals surface area contributed by atoms with Gasteiger partial charge in [-0.3, -0.25) is 9.69 Å². The summed E-state index contributed by atoms with van der Waals surface area (Å²) < 4.78 is 7.60. The number of likely N-dealkylation sites (N-methyl/N-ethyl adjacent to an activating group) is 1. The molecule has 3 heterocycles. The van der Waals surface area contributed by atoms with E-state index in [0.29, 0.717) is 24.1 Å². The number of ketones is 1. The maximum absolute atomic E-state index is 11.3. The number of nitrogens with zero attached hydrogens (tertiary/aromatic N) is 5. The number of hydrogen-bond acceptors (Lipinski definition) is 7. The maximum atomic E-state index is 11.3. The molecule has 0 amide bonds. The molecule has 0 spiro atoms.